The molecule has 0 radical (unpaired) electrons. The Morgan fingerprint density at radius 3 is 2.35 bits per heavy atom. The molecule has 0 aliphatic carbocycles. The Morgan fingerprint density at radius 1 is 1.00 bits per heavy atom. The molecular weight excluding hydrogens is 272 g/mol. The van der Waals surface area contributed by atoms with Crippen LogP contribution < -0.4 is 0 Å². The molecule has 20 heavy (non-hydrogen) atoms. The SMILES string of the molecule is OC(Cc1ccccc1F)c1cccc(C(F)(F)F)c1. The van der Waals surface area contributed by atoms with Gasteiger partial charge in [0.2, 0.25) is 0 Å². The molecule has 2 aromatic rings. The van der Waals surface area contributed by atoms with Crippen LogP contribution in [-0.4, -0.2) is 5.11 Å². The summed E-state index contributed by atoms with van der Waals surface area (Å²) in [6.45, 7) is 0. The molecule has 1 N–H and O–H groups in total. The molecule has 0 spiro atoms. The lowest BCUT2D eigenvalue weighted by molar-refractivity contribution is -0.137. The Morgan fingerprint density at radius 2 is 1.70 bits per heavy atom. The van der Waals surface area contributed by atoms with Crippen LogP contribution in [0.2, 0.25) is 0 Å². The average Bonchev–Trinajstić information content (AvgIpc) is 2.40. The summed E-state index contributed by atoms with van der Waals surface area (Å²) in [6.07, 6.45) is -5.73. The van der Waals surface area contributed by atoms with E-state index < -0.39 is 23.7 Å². The summed E-state index contributed by atoms with van der Waals surface area (Å²) in [6, 6.07) is 10.3. The van der Waals surface area contributed by atoms with Gasteiger partial charge in [0.15, 0.2) is 0 Å². The summed E-state index contributed by atoms with van der Waals surface area (Å²) in [5.74, 6) is -0.487. The molecule has 0 aliphatic heterocycles. The number of alkyl halides is 3. The number of aliphatic hydroxyl groups excluding tert-OH is 1. The second kappa shape index (κ2) is 5.63. The molecule has 0 bridgehead atoms. The van der Waals surface area contributed by atoms with Crippen molar-refractivity contribution in [3.63, 3.8) is 0 Å². The zero-order valence-electron chi connectivity index (χ0n) is 10.4. The molecule has 0 aromatic heterocycles. The first-order valence-electron chi connectivity index (χ1n) is 5.96. The summed E-state index contributed by atoms with van der Waals surface area (Å²) >= 11 is 0. The van der Waals surface area contributed by atoms with E-state index in [9.17, 15) is 22.7 Å². The fourth-order valence-electron chi connectivity index (χ4n) is 1.91. The van der Waals surface area contributed by atoms with Crippen LogP contribution in [-0.2, 0) is 12.6 Å². The molecule has 0 aliphatic rings. The lowest BCUT2D eigenvalue weighted by atomic mass is 9.99. The Kier molecular flexibility index (Phi) is 4.09. The van der Waals surface area contributed by atoms with Gasteiger partial charge in [0.25, 0.3) is 0 Å². The van der Waals surface area contributed by atoms with Gasteiger partial charge in [-0.25, -0.2) is 4.39 Å². The summed E-state index contributed by atoms with van der Waals surface area (Å²) in [7, 11) is 0. The first kappa shape index (κ1) is 14.5. The number of hydrogen-bond donors (Lipinski definition) is 1. The van der Waals surface area contributed by atoms with Gasteiger partial charge in [0, 0.05) is 6.42 Å². The van der Waals surface area contributed by atoms with Crippen LogP contribution in [0.4, 0.5) is 17.6 Å². The van der Waals surface area contributed by atoms with E-state index in [1.807, 2.05) is 0 Å². The minimum atomic E-state index is -4.46. The summed E-state index contributed by atoms with van der Waals surface area (Å²) in [5, 5.41) is 9.95. The van der Waals surface area contributed by atoms with Gasteiger partial charge in [0.1, 0.15) is 5.82 Å². The van der Waals surface area contributed by atoms with E-state index in [1.165, 1.54) is 30.3 Å². The van der Waals surface area contributed by atoms with Gasteiger partial charge in [-0.15, -0.1) is 0 Å². The van der Waals surface area contributed by atoms with E-state index in [0.29, 0.717) is 0 Å². The average molecular weight is 284 g/mol. The van der Waals surface area contributed by atoms with Crippen LogP contribution >= 0.6 is 0 Å². The highest BCUT2D eigenvalue weighted by molar-refractivity contribution is 5.29. The predicted octanol–water partition coefficient (Wildman–Crippen LogP) is 4.12. The second-order valence-corrected chi connectivity index (χ2v) is 4.43. The highest BCUT2D eigenvalue weighted by atomic mass is 19.4. The van der Waals surface area contributed by atoms with Crippen LogP contribution in [0.15, 0.2) is 48.5 Å². The highest BCUT2D eigenvalue weighted by Crippen LogP contribution is 2.31. The van der Waals surface area contributed by atoms with Crippen molar-refractivity contribution in [2.45, 2.75) is 18.7 Å². The third-order valence-corrected chi connectivity index (χ3v) is 2.97. The van der Waals surface area contributed by atoms with Gasteiger partial charge in [-0.2, -0.15) is 13.2 Å². The van der Waals surface area contributed by atoms with Crippen molar-refractivity contribution in [2.24, 2.45) is 0 Å². The number of hydrogen-bond acceptors (Lipinski definition) is 1. The number of benzene rings is 2. The van der Waals surface area contributed by atoms with Crippen LogP contribution in [0.5, 0.6) is 0 Å². The van der Waals surface area contributed by atoms with E-state index in [4.69, 9.17) is 0 Å². The van der Waals surface area contributed by atoms with E-state index >= 15 is 0 Å². The maximum absolute atomic E-state index is 13.4. The zero-order chi connectivity index (χ0) is 14.8. The summed E-state index contributed by atoms with van der Waals surface area (Å²) in [4.78, 5) is 0. The second-order valence-electron chi connectivity index (χ2n) is 4.43. The van der Waals surface area contributed by atoms with E-state index in [-0.39, 0.29) is 17.5 Å². The normalized spacial score (nSPS) is 13.2. The Labute approximate surface area is 113 Å². The molecule has 1 unspecified atom stereocenters. The molecule has 2 aromatic carbocycles. The van der Waals surface area contributed by atoms with Gasteiger partial charge in [-0.1, -0.05) is 30.3 Å². The monoisotopic (exact) mass is 284 g/mol. The molecule has 1 nitrogen and oxygen atoms in total. The first-order chi connectivity index (χ1) is 9.38. The highest BCUT2D eigenvalue weighted by Gasteiger charge is 2.30. The Hall–Kier alpha value is -1.88. The van der Waals surface area contributed by atoms with Gasteiger partial charge in [-0.3, -0.25) is 0 Å². The van der Waals surface area contributed by atoms with E-state index in [2.05, 4.69) is 0 Å². The standard InChI is InChI=1S/C15H12F4O/c16-13-7-2-1-4-10(13)9-14(20)11-5-3-6-12(8-11)15(17,18)19/h1-8,14,20H,9H2. The van der Waals surface area contributed by atoms with Crippen LogP contribution in [0, 0.1) is 5.82 Å². The lowest BCUT2D eigenvalue weighted by Crippen LogP contribution is -2.08. The molecule has 0 amide bonds. The van der Waals surface area contributed by atoms with Gasteiger partial charge >= 0.3 is 6.18 Å². The first-order valence-corrected chi connectivity index (χ1v) is 5.96. The Bertz CT molecular complexity index is 592. The van der Waals surface area contributed by atoms with Crippen LogP contribution in [0.1, 0.15) is 22.8 Å². The molecule has 0 saturated heterocycles. The van der Waals surface area contributed by atoms with Crippen molar-refractivity contribution in [3.8, 4) is 0 Å². The smallest absolute Gasteiger partial charge is 0.388 e. The largest absolute Gasteiger partial charge is 0.416 e. The number of aliphatic hydroxyl groups is 1. The van der Waals surface area contributed by atoms with Gasteiger partial charge in [-0.05, 0) is 29.3 Å². The topological polar surface area (TPSA) is 20.2 Å². The predicted molar refractivity (Wildman–Crippen MR) is 66.5 cm³/mol. The van der Waals surface area contributed by atoms with E-state index in [0.717, 1.165) is 12.1 Å². The van der Waals surface area contributed by atoms with Crippen molar-refractivity contribution in [1.29, 1.82) is 0 Å². The quantitative estimate of drug-likeness (QED) is 0.841. The molecule has 0 fully saturated rings. The number of rotatable bonds is 3. The maximum atomic E-state index is 13.4. The lowest BCUT2D eigenvalue weighted by Gasteiger charge is -2.14. The molecule has 0 saturated carbocycles. The van der Waals surface area contributed by atoms with Crippen molar-refractivity contribution in [3.05, 3.63) is 71.0 Å². The fraction of sp³-hybridized carbons (Fsp3) is 0.200. The zero-order valence-corrected chi connectivity index (χ0v) is 10.4. The van der Waals surface area contributed by atoms with E-state index in [1.54, 1.807) is 6.07 Å². The minimum absolute atomic E-state index is 0.0754. The molecule has 5 heteroatoms. The maximum Gasteiger partial charge on any atom is 0.416 e. The third-order valence-electron chi connectivity index (χ3n) is 2.97. The minimum Gasteiger partial charge on any atom is -0.388 e. The van der Waals surface area contributed by atoms with Crippen LogP contribution in [0.25, 0.3) is 0 Å². The van der Waals surface area contributed by atoms with Gasteiger partial charge < -0.3 is 5.11 Å². The van der Waals surface area contributed by atoms with Crippen molar-refractivity contribution in [2.75, 3.05) is 0 Å². The Balaban J connectivity index is 2.22. The molecule has 2 rings (SSSR count). The molecule has 106 valence electrons. The molecule has 0 heterocycles. The van der Waals surface area contributed by atoms with Crippen molar-refractivity contribution in [1.82, 2.24) is 0 Å². The van der Waals surface area contributed by atoms with Crippen LogP contribution in [0.3, 0.4) is 0 Å². The third kappa shape index (κ3) is 3.36. The molecule has 1 atom stereocenters. The van der Waals surface area contributed by atoms with Crippen molar-refractivity contribution < 1.29 is 22.7 Å². The fourth-order valence-corrected chi connectivity index (χ4v) is 1.91. The van der Waals surface area contributed by atoms with Crippen molar-refractivity contribution >= 4 is 0 Å². The summed E-state index contributed by atoms with van der Waals surface area (Å²) < 4.78 is 51.2. The van der Waals surface area contributed by atoms with Gasteiger partial charge in [0.05, 0.1) is 11.7 Å². The number of halogens is 4. The molecular formula is C15H12F4O. The summed E-state index contributed by atoms with van der Waals surface area (Å²) in [5.41, 5.74) is -0.455.